The predicted octanol–water partition coefficient (Wildman–Crippen LogP) is 8.40. The second kappa shape index (κ2) is 11.8. The third-order valence-electron chi connectivity index (χ3n) is 10.2. The maximum Gasteiger partial charge on any atom is 0.199 e. The molecule has 220 valence electrons. The Morgan fingerprint density at radius 3 is 1.05 bits per heavy atom. The van der Waals surface area contributed by atoms with Crippen LogP contribution in [0.25, 0.3) is 0 Å². The van der Waals surface area contributed by atoms with Gasteiger partial charge in [-0.1, -0.05) is 135 Å². The van der Waals surface area contributed by atoms with Crippen LogP contribution in [-0.4, -0.2) is 37.1 Å². The van der Waals surface area contributed by atoms with E-state index in [2.05, 4.69) is 149 Å². The molecule has 0 spiro atoms. The topological polar surface area (TPSA) is 43.2 Å². The van der Waals surface area contributed by atoms with Gasteiger partial charge in [-0.05, 0) is 48.9 Å². The first-order chi connectivity index (χ1) is 21.0. The summed E-state index contributed by atoms with van der Waals surface area (Å²) in [5, 5.41) is 0. The van der Waals surface area contributed by atoms with Crippen LogP contribution >= 0.6 is 0 Å². The highest BCUT2D eigenvalue weighted by atomic mass is 16.5. The molecule has 43 heavy (non-hydrogen) atoms. The normalized spacial score (nSPS) is 18.9. The minimum absolute atomic E-state index is 0.0820. The summed E-state index contributed by atoms with van der Waals surface area (Å²) in [4.78, 5) is 10.8. The zero-order chi connectivity index (χ0) is 29.9. The minimum Gasteiger partial charge on any atom is -0.478 e. The molecular weight excluding hydrogens is 528 g/mol. The van der Waals surface area contributed by atoms with E-state index >= 15 is 0 Å². The lowest BCUT2D eigenvalue weighted by molar-refractivity contribution is 0.228. The summed E-state index contributed by atoms with van der Waals surface area (Å²) in [7, 11) is 0. The van der Waals surface area contributed by atoms with Crippen LogP contribution in [0.5, 0.6) is 0 Å². The molecule has 0 amide bonds. The number of nitrogens with zero attached hydrogens (tertiary/aromatic N) is 2. The molecule has 0 aromatic heterocycles. The Labute approximate surface area is 256 Å². The van der Waals surface area contributed by atoms with E-state index in [-0.39, 0.29) is 22.9 Å². The van der Waals surface area contributed by atoms with Gasteiger partial charge in [-0.3, -0.25) is 0 Å². The lowest BCUT2D eigenvalue weighted by Crippen LogP contribution is -2.39. The molecule has 2 atom stereocenters. The maximum atomic E-state index is 6.59. The van der Waals surface area contributed by atoms with Crippen LogP contribution in [0, 0.1) is 5.41 Å². The van der Waals surface area contributed by atoms with Crippen LogP contribution in [0.3, 0.4) is 0 Å². The molecule has 2 aliphatic heterocycles. The number of aliphatic imine (C=N–C) groups is 2. The first-order valence-corrected chi connectivity index (χ1v) is 15.6. The van der Waals surface area contributed by atoms with Crippen LogP contribution in [-0.2, 0) is 20.3 Å². The van der Waals surface area contributed by atoms with E-state index in [1.165, 1.54) is 22.3 Å². The molecule has 4 nitrogen and oxygen atoms in total. The molecule has 2 aliphatic rings. The fraction of sp³-hybridized carbons (Fsp3) is 0.333. The Balaban J connectivity index is 1.40. The van der Waals surface area contributed by atoms with Crippen LogP contribution in [0.1, 0.15) is 62.8 Å². The van der Waals surface area contributed by atoms with Gasteiger partial charge in [0.15, 0.2) is 11.8 Å². The zero-order valence-electron chi connectivity index (χ0n) is 25.7. The first-order valence-electron chi connectivity index (χ1n) is 15.6. The summed E-state index contributed by atoms with van der Waals surface area (Å²) in [6, 6.07) is 42.6. The molecule has 0 bridgehead atoms. The SMILES string of the molecule is CCC(CC)(C1=N[C@@H](C(C)(c2ccccc2)c2ccccc2)CO1)C1=N[C@@H](C(C)(c2ccccc2)c2ccccc2)CO1. The molecule has 0 saturated carbocycles. The van der Waals surface area contributed by atoms with E-state index in [0.29, 0.717) is 13.2 Å². The number of hydrogen-bond donors (Lipinski definition) is 0. The number of hydrogen-bond acceptors (Lipinski definition) is 4. The smallest absolute Gasteiger partial charge is 0.199 e. The average molecular weight is 571 g/mol. The fourth-order valence-electron chi connectivity index (χ4n) is 7.05. The van der Waals surface area contributed by atoms with Crippen molar-refractivity contribution < 1.29 is 9.47 Å². The lowest BCUT2D eigenvalue weighted by Gasteiger charge is -2.34. The summed E-state index contributed by atoms with van der Waals surface area (Å²) in [5.41, 5.74) is 3.70. The summed E-state index contributed by atoms with van der Waals surface area (Å²) < 4.78 is 13.2. The second-order valence-electron chi connectivity index (χ2n) is 12.2. The molecule has 0 unspecified atom stereocenters. The molecule has 0 aliphatic carbocycles. The van der Waals surface area contributed by atoms with Gasteiger partial charge in [0.05, 0.1) is 0 Å². The van der Waals surface area contributed by atoms with Gasteiger partial charge in [-0.25, -0.2) is 9.98 Å². The third kappa shape index (κ3) is 4.87. The van der Waals surface area contributed by atoms with Crippen molar-refractivity contribution in [2.24, 2.45) is 15.4 Å². The first kappa shape index (κ1) is 28.9. The highest BCUT2D eigenvalue weighted by molar-refractivity contribution is 6.06. The number of benzene rings is 4. The van der Waals surface area contributed by atoms with Crippen LogP contribution in [0.4, 0.5) is 0 Å². The van der Waals surface area contributed by atoms with Crippen molar-refractivity contribution in [3.05, 3.63) is 144 Å². The lowest BCUT2D eigenvalue weighted by atomic mass is 9.71. The summed E-state index contributed by atoms with van der Waals surface area (Å²) in [6.45, 7) is 10.0. The van der Waals surface area contributed by atoms with E-state index in [9.17, 15) is 0 Å². The molecular formula is C39H42N2O2. The Hall–Kier alpha value is -4.18. The van der Waals surface area contributed by atoms with Crippen molar-refractivity contribution in [2.75, 3.05) is 13.2 Å². The predicted molar refractivity (Wildman–Crippen MR) is 176 cm³/mol. The van der Waals surface area contributed by atoms with Gasteiger partial charge >= 0.3 is 0 Å². The number of ether oxygens (including phenoxy) is 2. The molecule has 2 heterocycles. The summed E-state index contributed by atoms with van der Waals surface area (Å²) in [5.74, 6) is 1.50. The van der Waals surface area contributed by atoms with Crippen molar-refractivity contribution in [3.63, 3.8) is 0 Å². The van der Waals surface area contributed by atoms with Crippen LogP contribution in [0.2, 0.25) is 0 Å². The molecule has 0 saturated heterocycles. The molecule has 4 aromatic rings. The fourth-order valence-corrected chi connectivity index (χ4v) is 7.05. The third-order valence-corrected chi connectivity index (χ3v) is 10.2. The van der Waals surface area contributed by atoms with Gasteiger partial charge in [0.1, 0.15) is 30.7 Å². The van der Waals surface area contributed by atoms with E-state index in [0.717, 1.165) is 24.6 Å². The Morgan fingerprint density at radius 1 is 0.512 bits per heavy atom. The van der Waals surface area contributed by atoms with E-state index in [1.807, 2.05) is 0 Å². The Morgan fingerprint density at radius 2 is 0.791 bits per heavy atom. The number of rotatable bonds is 10. The monoisotopic (exact) mass is 570 g/mol. The van der Waals surface area contributed by atoms with E-state index in [1.54, 1.807) is 0 Å². The molecule has 0 radical (unpaired) electrons. The highest BCUT2D eigenvalue weighted by Gasteiger charge is 2.51. The Bertz CT molecular complexity index is 1370. The quantitative estimate of drug-likeness (QED) is 0.192. The van der Waals surface area contributed by atoms with Gasteiger partial charge in [0.25, 0.3) is 0 Å². The second-order valence-corrected chi connectivity index (χ2v) is 12.2. The minimum atomic E-state index is -0.522. The van der Waals surface area contributed by atoms with Crippen molar-refractivity contribution in [1.29, 1.82) is 0 Å². The standard InChI is InChI=1S/C39H42N2O2/c1-5-39(6-2,35-40-33(27-42-35)37(3,29-19-11-7-12-20-29)30-21-13-8-14-22-30)36-41-34(28-43-36)38(4,31-23-15-9-16-24-31)32-25-17-10-18-26-32/h7-26,33-34H,5-6,27-28H2,1-4H3/t33-,34-/m1/s1. The molecule has 6 rings (SSSR count). The van der Waals surface area contributed by atoms with Gasteiger partial charge < -0.3 is 9.47 Å². The molecule has 0 fully saturated rings. The van der Waals surface area contributed by atoms with Crippen molar-refractivity contribution >= 4 is 11.8 Å². The summed E-state index contributed by atoms with van der Waals surface area (Å²) in [6.07, 6.45) is 1.59. The van der Waals surface area contributed by atoms with Crippen molar-refractivity contribution in [1.82, 2.24) is 0 Å². The van der Waals surface area contributed by atoms with Gasteiger partial charge in [-0.15, -0.1) is 0 Å². The maximum absolute atomic E-state index is 6.59. The zero-order valence-corrected chi connectivity index (χ0v) is 25.7. The van der Waals surface area contributed by atoms with Gasteiger partial charge in [0, 0.05) is 10.8 Å². The Kier molecular flexibility index (Phi) is 7.96. The molecule has 4 heteroatoms. The van der Waals surface area contributed by atoms with E-state index < -0.39 is 5.41 Å². The largest absolute Gasteiger partial charge is 0.478 e. The highest BCUT2D eigenvalue weighted by Crippen LogP contribution is 2.45. The molecule has 4 aromatic carbocycles. The van der Waals surface area contributed by atoms with Gasteiger partial charge in [0.2, 0.25) is 0 Å². The van der Waals surface area contributed by atoms with Crippen molar-refractivity contribution in [2.45, 2.75) is 63.5 Å². The van der Waals surface area contributed by atoms with Crippen LogP contribution in [0.15, 0.2) is 131 Å². The molecule has 0 N–H and O–H groups in total. The van der Waals surface area contributed by atoms with Crippen molar-refractivity contribution in [3.8, 4) is 0 Å². The van der Waals surface area contributed by atoms with Crippen LogP contribution < -0.4 is 0 Å². The average Bonchev–Trinajstić information content (AvgIpc) is 3.79. The van der Waals surface area contributed by atoms with E-state index in [4.69, 9.17) is 19.5 Å². The summed E-state index contributed by atoms with van der Waals surface area (Å²) >= 11 is 0. The van der Waals surface area contributed by atoms with Gasteiger partial charge in [-0.2, -0.15) is 0 Å².